The van der Waals surface area contributed by atoms with Gasteiger partial charge in [-0.1, -0.05) is 18.7 Å². The lowest BCUT2D eigenvalue weighted by Crippen LogP contribution is -2.59. The number of nitrogens with one attached hydrogen (secondary N) is 1. The van der Waals surface area contributed by atoms with Gasteiger partial charge in [-0.25, -0.2) is 22.5 Å². The first-order valence-electron chi connectivity index (χ1n) is 13.5. The molecule has 3 amide bonds. The number of nitriles is 2. The number of aromatic nitrogens is 1. The lowest BCUT2D eigenvalue weighted by Gasteiger charge is -2.39. The molecule has 4 rings (SSSR count). The molecule has 0 spiro atoms. The summed E-state index contributed by atoms with van der Waals surface area (Å²) < 4.78 is 57.4. The van der Waals surface area contributed by atoms with E-state index in [2.05, 4.69) is 16.9 Å². The average Bonchev–Trinajstić information content (AvgIpc) is 3.37. The normalized spacial score (nSPS) is 18.7. The fourth-order valence-electron chi connectivity index (χ4n) is 5.06. The first kappa shape index (κ1) is 31.6. The van der Waals surface area contributed by atoms with Crippen molar-refractivity contribution in [3.63, 3.8) is 0 Å². The minimum Gasteiger partial charge on any atom is -0.351 e. The van der Waals surface area contributed by atoms with Crippen LogP contribution in [0.5, 0.6) is 0 Å². The van der Waals surface area contributed by atoms with Gasteiger partial charge in [0.25, 0.3) is 11.8 Å². The number of carbonyl (C=O) groups is 3. The van der Waals surface area contributed by atoms with Crippen molar-refractivity contribution < 1.29 is 31.9 Å². The highest BCUT2D eigenvalue weighted by atomic mass is 19.3. The molecule has 2 atom stereocenters. The Balaban J connectivity index is 1.87. The Kier molecular flexibility index (Phi) is 9.29. The number of carbonyl (C=O) groups excluding carboxylic acids is 3. The highest BCUT2D eigenvalue weighted by Crippen LogP contribution is 2.38. The zero-order chi connectivity index (χ0) is 32.2. The van der Waals surface area contributed by atoms with Gasteiger partial charge in [-0.2, -0.15) is 10.5 Å². The minimum absolute atomic E-state index is 0.0440. The molecule has 1 N–H and O–H groups in total. The smallest absolute Gasteiger partial charge is 0.252 e. The lowest BCUT2D eigenvalue weighted by molar-refractivity contribution is -0.132. The second-order valence-electron chi connectivity index (χ2n) is 10.3. The maximum Gasteiger partial charge on any atom is 0.252 e. The third-order valence-electron chi connectivity index (χ3n) is 7.16. The SMILES string of the molecule is C=C(/C(F)=C\C=C/C)[C@@H](C(=O)NC1CC(F)(F)C1)N(C(=O)[C@@H]1CCC(=O)N1c1cc(C#N)ccn1)c1cc(F)cc(C#N)c1. The number of halogens is 4. The fraction of sp³-hybridized carbons (Fsp3) is 0.290. The lowest BCUT2D eigenvalue weighted by atomic mass is 9.87. The Labute approximate surface area is 250 Å². The second-order valence-corrected chi connectivity index (χ2v) is 10.3. The van der Waals surface area contributed by atoms with Crippen LogP contribution in [-0.2, 0) is 14.4 Å². The van der Waals surface area contributed by atoms with E-state index in [1.54, 1.807) is 13.0 Å². The highest BCUT2D eigenvalue weighted by Gasteiger charge is 2.49. The largest absolute Gasteiger partial charge is 0.351 e. The van der Waals surface area contributed by atoms with Gasteiger partial charge in [0.1, 0.15) is 29.5 Å². The van der Waals surface area contributed by atoms with Crippen LogP contribution in [-0.4, -0.2) is 46.8 Å². The molecule has 13 heteroatoms. The first-order chi connectivity index (χ1) is 20.9. The monoisotopic (exact) mass is 606 g/mol. The predicted octanol–water partition coefficient (Wildman–Crippen LogP) is 4.76. The maximum atomic E-state index is 15.4. The molecule has 9 nitrogen and oxygen atoms in total. The Hall–Kier alpha value is -5.30. The molecule has 226 valence electrons. The molecule has 0 unspecified atom stereocenters. The molecule has 1 aliphatic carbocycles. The van der Waals surface area contributed by atoms with Gasteiger partial charge in [0.2, 0.25) is 11.8 Å². The molecular weight excluding hydrogens is 580 g/mol. The highest BCUT2D eigenvalue weighted by molar-refractivity contribution is 6.11. The van der Waals surface area contributed by atoms with E-state index in [4.69, 9.17) is 0 Å². The van der Waals surface area contributed by atoms with Gasteiger partial charge in [0.15, 0.2) is 0 Å². The van der Waals surface area contributed by atoms with E-state index in [9.17, 15) is 38.1 Å². The van der Waals surface area contributed by atoms with E-state index in [1.807, 2.05) is 6.07 Å². The van der Waals surface area contributed by atoms with Crippen LogP contribution >= 0.6 is 0 Å². The van der Waals surface area contributed by atoms with Crippen molar-refractivity contribution in [2.45, 2.75) is 56.7 Å². The number of alkyl halides is 2. The van der Waals surface area contributed by atoms with E-state index < -0.39 is 71.8 Å². The van der Waals surface area contributed by atoms with Crippen LogP contribution in [0.1, 0.15) is 43.7 Å². The molecule has 2 aromatic rings. The summed E-state index contributed by atoms with van der Waals surface area (Å²) in [7, 11) is 0. The van der Waals surface area contributed by atoms with Crippen molar-refractivity contribution in [3.8, 4) is 12.1 Å². The minimum atomic E-state index is -3.02. The number of hydrogen-bond donors (Lipinski definition) is 1. The molecule has 1 aromatic heterocycles. The summed E-state index contributed by atoms with van der Waals surface area (Å²) in [5.74, 6) is -7.69. The molecule has 1 saturated heterocycles. The third-order valence-corrected chi connectivity index (χ3v) is 7.16. The molecule has 1 aromatic carbocycles. The van der Waals surface area contributed by atoms with Crippen molar-refractivity contribution in [3.05, 3.63) is 89.7 Å². The Morgan fingerprint density at radius 3 is 2.55 bits per heavy atom. The van der Waals surface area contributed by atoms with Crippen molar-refractivity contribution >= 4 is 29.2 Å². The number of allylic oxidation sites excluding steroid dienone is 3. The van der Waals surface area contributed by atoms with Crippen molar-refractivity contribution in [1.29, 1.82) is 10.5 Å². The van der Waals surface area contributed by atoms with Crippen LogP contribution in [0.25, 0.3) is 0 Å². The van der Waals surface area contributed by atoms with E-state index in [0.717, 1.165) is 29.2 Å². The Morgan fingerprint density at radius 1 is 1.20 bits per heavy atom. The number of rotatable bonds is 9. The number of hydrogen-bond acceptors (Lipinski definition) is 6. The molecular formula is C31H26F4N6O3. The van der Waals surface area contributed by atoms with Gasteiger partial charge in [0, 0.05) is 42.8 Å². The number of benzene rings is 1. The van der Waals surface area contributed by atoms with E-state index in [-0.39, 0.29) is 35.5 Å². The summed E-state index contributed by atoms with van der Waals surface area (Å²) in [5.41, 5.74) is -1.01. The zero-order valence-electron chi connectivity index (χ0n) is 23.4. The molecule has 0 radical (unpaired) electrons. The molecule has 2 aliphatic rings. The summed E-state index contributed by atoms with van der Waals surface area (Å²) in [6, 6.07) is 4.82. The molecule has 44 heavy (non-hydrogen) atoms. The standard InChI is InChI=1S/C31H26F4N6O3/c1-3-4-5-24(33)18(2)28(29(43)39-22-14-31(34,35)15-22)40(23-11-20(17-37)10-21(32)13-23)30(44)25-6-7-27(42)41(25)26-12-19(16-36)8-9-38-26/h3-5,8-13,22,25,28H,2,6-7,14-15H2,1H3,(H,39,43)/b4-3-,24-5+/t25-,28-/m0/s1. The summed E-state index contributed by atoms with van der Waals surface area (Å²) in [5, 5.41) is 21.2. The van der Waals surface area contributed by atoms with Gasteiger partial charge in [-0.3, -0.25) is 24.2 Å². The summed E-state index contributed by atoms with van der Waals surface area (Å²) in [6.07, 6.45) is 3.41. The molecule has 2 fully saturated rings. The Bertz CT molecular complexity index is 1650. The number of amides is 3. The first-order valence-corrected chi connectivity index (χ1v) is 13.5. The molecule has 1 aliphatic heterocycles. The maximum absolute atomic E-state index is 15.4. The van der Waals surface area contributed by atoms with Crippen molar-refractivity contribution in [2.75, 3.05) is 9.80 Å². The predicted molar refractivity (Wildman–Crippen MR) is 151 cm³/mol. The van der Waals surface area contributed by atoms with Gasteiger partial charge in [0.05, 0.1) is 23.3 Å². The van der Waals surface area contributed by atoms with E-state index in [1.165, 1.54) is 30.5 Å². The number of anilines is 2. The van der Waals surface area contributed by atoms with Gasteiger partial charge in [-0.05, 0) is 49.8 Å². The second kappa shape index (κ2) is 12.9. The number of pyridine rings is 1. The van der Waals surface area contributed by atoms with Crippen molar-refractivity contribution in [2.24, 2.45) is 0 Å². The van der Waals surface area contributed by atoms with Crippen LogP contribution in [0.4, 0.5) is 29.1 Å². The quantitative estimate of drug-likeness (QED) is 0.324. The fourth-order valence-corrected chi connectivity index (χ4v) is 5.06. The molecule has 2 heterocycles. The van der Waals surface area contributed by atoms with Gasteiger partial charge >= 0.3 is 0 Å². The van der Waals surface area contributed by atoms with Crippen LogP contribution < -0.4 is 15.1 Å². The summed E-state index contributed by atoms with van der Waals surface area (Å²) in [4.78, 5) is 47.0. The molecule has 0 bridgehead atoms. The van der Waals surface area contributed by atoms with Crippen molar-refractivity contribution in [1.82, 2.24) is 10.3 Å². The van der Waals surface area contributed by atoms with Crippen LogP contribution in [0.2, 0.25) is 0 Å². The third kappa shape index (κ3) is 6.68. The van der Waals surface area contributed by atoms with Gasteiger partial charge < -0.3 is 5.32 Å². The Morgan fingerprint density at radius 2 is 1.91 bits per heavy atom. The zero-order valence-corrected chi connectivity index (χ0v) is 23.4. The summed E-state index contributed by atoms with van der Waals surface area (Å²) >= 11 is 0. The number of nitrogens with zero attached hydrogens (tertiary/aromatic N) is 5. The van der Waals surface area contributed by atoms with E-state index >= 15 is 4.39 Å². The summed E-state index contributed by atoms with van der Waals surface area (Å²) in [6.45, 7) is 5.27. The van der Waals surface area contributed by atoms with Crippen LogP contribution in [0, 0.1) is 28.5 Å². The van der Waals surface area contributed by atoms with E-state index in [0.29, 0.717) is 4.90 Å². The molecule has 1 saturated carbocycles. The topological polar surface area (TPSA) is 130 Å². The average molecular weight is 607 g/mol. The van der Waals surface area contributed by atoms with Crippen LogP contribution in [0.3, 0.4) is 0 Å². The van der Waals surface area contributed by atoms with Crippen LogP contribution in [0.15, 0.2) is 72.7 Å². The van der Waals surface area contributed by atoms with Gasteiger partial charge in [-0.15, -0.1) is 0 Å².